The van der Waals surface area contributed by atoms with Crippen molar-refractivity contribution in [3.8, 4) is 0 Å². The molecule has 4 heterocycles. The normalized spacial score (nSPS) is 17.1. The van der Waals surface area contributed by atoms with E-state index < -0.39 is 10.8 Å². The van der Waals surface area contributed by atoms with E-state index in [0.717, 1.165) is 17.8 Å². The van der Waals surface area contributed by atoms with E-state index in [-0.39, 0.29) is 23.5 Å². The van der Waals surface area contributed by atoms with Crippen LogP contribution in [0.5, 0.6) is 0 Å². The highest BCUT2D eigenvalue weighted by molar-refractivity contribution is 5.96. The number of likely N-dealkylation sites (tertiary alicyclic amines) is 1. The molecule has 0 bridgehead atoms. The number of rotatable bonds is 4. The maximum Gasteiger partial charge on any atom is 0.433 e. The first-order chi connectivity index (χ1) is 14.9. The molecule has 0 radical (unpaired) electrons. The maximum absolute atomic E-state index is 13.1. The highest BCUT2D eigenvalue weighted by Crippen LogP contribution is 2.31. The highest BCUT2D eigenvalue weighted by atomic mass is 16.6. The lowest BCUT2D eigenvalue weighted by atomic mass is 9.89. The SMILES string of the molecule is Cc1ccc(C(=O)N2CC=CCC2)c(C2CCN(C(=O)c3ccc([N+](=O)[O-])o3)CC2)n1. The van der Waals surface area contributed by atoms with Crippen LogP contribution < -0.4 is 0 Å². The lowest BCUT2D eigenvalue weighted by Gasteiger charge is -2.32. The van der Waals surface area contributed by atoms with Crippen molar-refractivity contribution in [3.63, 3.8) is 0 Å². The predicted molar refractivity (Wildman–Crippen MR) is 112 cm³/mol. The summed E-state index contributed by atoms with van der Waals surface area (Å²) in [4.78, 5) is 44.0. The fourth-order valence-corrected chi connectivity index (χ4v) is 4.12. The average Bonchev–Trinajstić information content (AvgIpc) is 3.29. The van der Waals surface area contributed by atoms with Crippen LogP contribution in [0.3, 0.4) is 0 Å². The molecule has 0 spiro atoms. The van der Waals surface area contributed by atoms with E-state index in [0.29, 0.717) is 44.6 Å². The Balaban J connectivity index is 1.47. The molecule has 0 unspecified atom stereocenters. The predicted octanol–water partition coefficient (Wildman–Crippen LogP) is 3.31. The highest BCUT2D eigenvalue weighted by Gasteiger charge is 2.31. The largest absolute Gasteiger partial charge is 0.433 e. The molecule has 0 saturated carbocycles. The number of hydrogen-bond acceptors (Lipinski definition) is 6. The van der Waals surface area contributed by atoms with Crippen molar-refractivity contribution in [2.24, 2.45) is 0 Å². The maximum atomic E-state index is 13.1. The van der Waals surface area contributed by atoms with Crippen LogP contribution in [-0.2, 0) is 0 Å². The molecule has 1 fully saturated rings. The van der Waals surface area contributed by atoms with E-state index in [1.807, 2.05) is 30.0 Å². The van der Waals surface area contributed by atoms with Gasteiger partial charge in [-0.2, -0.15) is 0 Å². The van der Waals surface area contributed by atoms with Crippen molar-refractivity contribution in [1.82, 2.24) is 14.8 Å². The van der Waals surface area contributed by atoms with Crippen LogP contribution in [0.4, 0.5) is 5.88 Å². The third-order valence-corrected chi connectivity index (χ3v) is 5.79. The number of nitro groups is 1. The number of piperidine rings is 1. The zero-order chi connectivity index (χ0) is 22.0. The minimum absolute atomic E-state index is 0.00625. The number of pyridine rings is 1. The Labute approximate surface area is 179 Å². The summed E-state index contributed by atoms with van der Waals surface area (Å²) in [6.45, 7) is 4.14. The molecule has 0 atom stereocenters. The molecule has 2 aliphatic heterocycles. The first-order valence-corrected chi connectivity index (χ1v) is 10.4. The number of aryl methyl sites for hydroxylation is 1. The van der Waals surface area contributed by atoms with Crippen LogP contribution in [0.15, 0.2) is 40.8 Å². The monoisotopic (exact) mass is 424 g/mol. The molecule has 2 amide bonds. The van der Waals surface area contributed by atoms with Gasteiger partial charge in [-0.05, 0) is 44.4 Å². The van der Waals surface area contributed by atoms with Gasteiger partial charge in [-0.3, -0.25) is 24.7 Å². The lowest BCUT2D eigenvalue weighted by Crippen LogP contribution is -2.39. The number of aromatic nitrogens is 1. The Morgan fingerprint density at radius 1 is 1.06 bits per heavy atom. The molecule has 31 heavy (non-hydrogen) atoms. The van der Waals surface area contributed by atoms with E-state index in [9.17, 15) is 19.7 Å². The van der Waals surface area contributed by atoms with E-state index in [1.165, 1.54) is 12.1 Å². The fourth-order valence-electron chi connectivity index (χ4n) is 4.12. The molecular formula is C22H24N4O5. The van der Waals surface area contributed by atoms with Crippen molar-refractivity contribution in [3.05, 3.63) is 69.2 Å². The summed E-state index contributed by atoms with van der Waals surface area (Å²) >= 11 is 0. The zero-order valence-corrected chi connectivity index (χ0v) is 17.3. The van der Waals surface area contributed by atoms with Crippen molar-refractivity contribution < 1.29 is 18.9 Å². The first-order valence-electron chi connectivity index (χ1n) is 10.4. The van der Waals surface area contributed by atoms with Crippen molar-refractivity contribution >= 4 is 17.7 Å². The summed E-state index contributed by atoms with van der Waals surface area (Å²) in [6, 6.07) is 6.24. The quantitative estimate of drug-likeness (QED) is 0.423. The Bertz CT molecular complexity index is 1040. The smallest absolute Gasteiger partial charge is 0.395 e. The minimum Gasteiger partial charge on any atom is -0.395 e. The van der Waals surface area contributed by atoms with Gasteiger partial charge >= 0.3 is 5.88 Å². The Morgan fingerprint density at radius 3 is 2.48 bits per heavy atom. The van der Waals surface area contributed by atoms with Gasteiger partial charge in [-0.15, -0.1) is 0 Å². The van der Waals surface area contributed by atoms with Crippen LogP contribution in [0.1, 0.15) is 57.5 Å². The van der Waals surface area contributed by atoms with Gasteiger partial charge in [-0.25, -0.2) is 0 Å². The van der Waals surface area contributed by atoms with Gasteiger partial charge in [0.25, 0.3) is 11.8 Å². The van der Waals surface area contributed by atoms with Gasteiger partial charge in [-0.1, -0.05) is 12.2 Å². The van der Waals surface area contributed by atoms with E-state index in [4.69, 9.17) is 9.40 Å². The van der Waals surface area contributed by atoms with Gasteiger partial charge < -0.3 is 14.2 Å². The molecule has 2 aliphatic rings. The number of hydrogen-bond donors (Lipinski definition) is 0. The van der Waals surface area contributed by atoms with Crippen LogP contribution in [0.25, 0.3) is 0 Å². The number of nitrogens with zero attached hydrogens (tertiary/aromatic N) is 4. The number of carbonyl (C=O) groups is 2. The van der Waals surface area contributed by atoms with Gasteiger partial charge in [0.2, 0.25) is 0 Å². The van der Waals surface area contributed by atoms with Crippen molar-refractivity contribution in [1.29, 1.82) is 0 Å². The second kappa shape index (κ2) is 8.71. The summed E-state index contributed by atoms with van der Waals surface area (Å²) in [5.41, 5.74) is 2.28. The Morgan fingerprint density at radius 2 is 1.84 bits per heavy atom. The molecule has 0 aliphatic carbocycles. The first kappa shape index (κ1) is 20.8. The van der Waals surface area contributed by atoms with Crippen molar-refractivity contribution in [2.45, 2.75) is 32.1 Å². The third kappa shape index (κ3) is 4.35. The van der Waals surface area contributed by atoms with Crippen LogP contribution in [0.2, 0.25) is 0 Å². The molecule has 162 valence electrons. The lowest BCUT2D eigenvalue weighted by molar-refractivity contribution is -0.402. The van der Waals surface area contributed by atoms with Crippen LogP contribution >= 0.6 is 0 Å². The van der Waals surface area contributed by atoms with Crippen LogP contribution in [-0.4, -0.2) is 57.7 Å². The fraction of sp³-hybridized carbons (Fsp3) is 0.409. The summed E-state index contributed by atoms with van der Waals surface area (Å²) in [6.07, 6.45) is 6.26. The Hall–Kier alpha value is -3.49. The van der Waals surface area contributed by atoms with Crippen LogP contribution in [0, 0.1) is 17.0 Å². The molecule has 0 aromatic carbocycles. The van der Waals surface area contributed by atoms with E-state index >= 15 is 0 Å². The number of carbonyl (C=O) groups excluding carboxylic acids is 2. The third-order valence-electron chi connectivity index (χ3n) is 5.79. The molecule has 4 rings (SSSR count). The van der Waals surface area contributed by atoms with E-state index in [2.05, 4.69) is 6.08 Å². The van der Waals surface area contributed by atoms with Gasteiger partial charge in [0, 0.05) is 37.8 Å². The topological polar surface area (TPSA) is 110 Å². The molecule has 1 saturated heterocycles. The molecule has 2 aromatic heterocycles. The molecule has 0 N–H and O–H groups in total. The average molecular weight is 424 g/mol. The molecular weight excluding hydrogens is 400 g/mol. The summed E-state index contributed by atoms with van der Waals surface area (Å²) in [5.74, 6) is -0.784. The summed E-state index contributed by atoms with van der Waals surface area (Å²) < 4.78 is 5.05. The van der Waals surface area contributed by atoms with E-state index in [1.54, 1.807) is 4.90 Å². The second-order valence-electron chi connectivity index (χ2n) is 7.86. The summed E-state index contributed by atoms with van der Waals surface area (Å²) in [5, 5.41) is 10.8. The molecule has 9 nitrogen and oxygen atoms in total. The molecule has 2 aromatic rings. The van der Waals surface area contributed by atoms with Gasteiger partial charge in [0.05, 0.1) is 17.3 Å². The molecule has 9 heteroatoms. The second-order valence-corrected chi connectivity index (χ2v) is 7.86. The number of amides is 2. The Kier molecular flexibility index (Phi) is 5.83. The van der Waals surface area contributed by atoms with Gasteiger partial charge in [0.15, 0.2) is 5.76 Å². The minimum atomic E-state index is -0.664. The van der Waals surface area contributed by atoms with Crippen molar-refractivity contribution in [2.75, 3.05) is 26.2 Å². The zero-order valence-electron chi connectivity index (χ0n) is 17.3. The standard InChI is InChI=1S/C22H24N4O5/c1-15-5-6-17(21(27)24-11-3-2-4-12-24)20(23-15)16-9-13-25(14-10-16)22(28)18-7-8-19(31-18)26(29)30/h2-3,5-8,16H,4,9-14H2,1H3. The summed E-state index contributed by atoms with van der Waals surface area (Å²) in [7, 11) is 0. The number of furan rings is 1. The van der Waals surface area contributed by atoms with Gasteiger partial charge in [0.1, 0.15) is 4.92 Å².